The minimum absolute atomic E-state index is 0.184. The van der Waals surface area contributed by atoms with E-state index in [4.69, 9.17) is 4.74 Å². The number of carboxylic acid groups (broad SMARTS) is 1. The molecule has 1 aliphatic heterocycles. The number of rotatable bonds is 7. The van der Waals surface area contributed by atoms with Gasteiger partial charge in [0.1, 0.15) is 6.61 Å². The summed E-state index contributed by atoms with van der Waals surface area (Å²) in [4.78, 5) is 37.9. The average molecular weight is 347 g/mol. The molecule has 0 unspecified atom stereocenters. The monoisotopic (exact) mass is 347 g/mol. The van der Waals surface area contributed by atoms with Crippen LogP contribution in [0.4, 0.5) is 0 Å². The zero-order valence-electron chi connectivity index (χ0n) is 14.7. The molecule has 0 spiro atoms. The van der Waals surface area contributed by atoms with E-state index < -0.39 is 17.4 Å². The number of esters is 1. The molecule has 1 fully saturated rings. The molecule has 1 aliphatic rings. The van der Waals surface area contributed by atoms with Crippen LogP contribution in [0, 0.1) is 11.3 Å². The third-order valence-electron chi connectivity index (χ3n) is 4.75. The Balaban J connectivity index is 1.96. The van der Waals surface area contributed by atoms with Gasteiger partial charge in [-0.25, -0.2) is 0 Å². The van der Waals surface area contributed by atoms with Crippen molar-refractivity contribution in [2.75, 3.05) is 19.7 Å². The molecular weight excluding hydrogens is 322 g/mol. The maximum atomic E-state index is 12.4. The molecule has 1 heterocycles. The second kappa shape index (κ2) is 8.25. The summed E-state index contributed by atoms with van der Waals surface area (Å²) in [5.41, 5.74) is -0.403. The fraction of sp³-hybridized carbons (Fsp3) is 0.526. The van der Waals surface area contributed by atoms with E-state index >= 15 is 0 Å². The van der Waals surface area contributed by atoms with Crippen LogP contribution in [0.15, 0.2) is 30.3 Å². The van der Waals surface area contributed by atoms with Gasteiger partial charge in [-0.2, -0.15) is 0 Å². The fourth-order valence-electron chi connectivity index (χ4n) is 2.88. The van der Waals surface area contributed by atoms with Crippen LogP contribution in [0.2, 0.25) is 0 Å². The van der Waals surface area contributed by atoms with E-state index in [-0.39, 0.29) is 31.1 Å². The minimum atomic E-state index is -1.55. The summed E-state index contributed by atoms with van der Waals surface area (Å²) in [5, 5.41) is 9.61. The SMILES string of the molecule is CC(C)C(=O)COC(=O)C1(C(=O)O)CCN(Cc2ccccc2)CC1. The summed E-state index contributed by atoms with van der Waals surface area (Å²) in [7, 11) is 0. The van der Waals surface area contributed by atoms with E-state index in [1.54, 1.807) is 13.8 Å². The molecule has 2 rings (SSSR count). The number of hydrogen-bond acceptors (Lipinski definition) is 5. The minimum Gasteiger partial charge on any atom is -0.480 e. The molecule has 0 saturated carbocycles. The van der Waals surface area contributed by atoms with Crippen molar-refractivity contribution in [3.05, 3.63) is 35.9 Å². The van der Waals surface area contributed by atoms with Crippen molar-refractivity contribution < 1.29 is 24.2 Å². The molecule has 1 aromatic rings. The second-order valence-corrected chi connectivity index (χ2v) is 6.85. The third kappa shape index (κ3) is 4.66. The first-order chi connectivity index (χ1) is 11.8. The van der Waals surface area contributed by atoms with Crippen molar-refractivity contribution in [1.82, 2.24) is 4.90 Å². The summed E-state index contributed by atoms with van der Waals surface area (Å²) in [6, 6.07) is 9.91. The van der Waals surface area contributed by atoms with Crippen LogP contribution in [0.3, 0.4) is 0 Å². The van der Waals surface area contributed by atoms with Crippen molar-refractivity contribution in [2.24, 2.45) is 11.3 Å². The molecule has 0 aliphatic carbocycles. The number of piperidine rings is 1. The van der Waals surface area contributed by atoms with Gasteiger partial charge in [-0.1, -0.05) is 44.2 Å². The molecule has 6 heteroatoms. The van der Waals surface area contributed by atoms with Crippen molar-refractivity contribution in [2.45, 2.75) is 33.2 Å². The summed E-state index contributed by atoms with van der Waals surface area (Å²) in [6.45, 7) is 4.77. The van der Waals surface area contributed by atoms with Gasteiger partial charge in [0.2, 0.25) is 0 Å². The number of ether oxygens (including phenoxy) is 1. The maximum Gasteiger partial charge on any atom is 0.324 e. The van der Waals surface area contributed by atoms with Gasteiger partial charge in [-0.3, -0.25) is 19.3 Å². The molecule has 6 nitrogen and oxygen atoms in total. The van der Waals surface area contributed by atoms with Crippen molar-refractivity contribution in [3.63, 3.8) is 0 Å². The lowest BCUT2D eigenvalue weighted by atomic mass is 9.78. The Labute approximate surface area is 147 Å². The van der Waals surface area contributed by atoms with Gasteiger partial charge >= 0.3 is 11.9 Å². The molecule has 0 bridgehead atoms. The highest BCUT2D eigenvalue weighted by Crippen LogP contribution is 2.34. The molecule has 0 atom stereocenters. The van der Waals surface area contributed by atoms with Crippen molar-refractivity contribution >= 4 is 17.7 Å². The fourth-order valence-corrected chi connectivity index (χ4v) is 2.88. The molecule has 136 valence electrons. The number of nitrogens with zero attached hydrogens (tertiary/aromatic N) is 1. The molecule has 1 saturated heterocycles. The van der Waals surface area contributed by atoms with Crippen LogP contribution in [0.5, 0.6) is 0 Å². The number of carboxylic acids is 1. The number of aliphatic carboxylic acids is 1. The Morgan fingerprint density at radius 2 is 1.76 bits per heavy atom. The van der Waals surface area contributed by atoms with Crippen LogP contribution < -0.4 is 0 Å². The first-order valence-corrected chi connectivity index (χ1v) is 8.55. The predicted octanol–water partition coefficient (Wildman–Crippen LogP) is 2.12. The molecule has 1 N–H and O–H groups in total. The highest BCUT2D eigenvalue weighted by atomic mass is 16.5. The number of benzene rings is 1. The van der Waals surface area contributed by atoms with Crippen molar-refractivity contribution in [3.8, 4) is 0 Å². The van der Waals surface area contributed by atoms with Gasteiger partial charge in [0.25, 0.3) is 0 Å². The van der Waals surface area contributed by atoms with E-state index in [0.29, 0.717) is 13.1 Å². The highest BCUT2D eigenvalue weighted by molar-refractivity contribution is 6.00. The van der Waals surface area contributed by atoms with Crippen LogP contribution >= 0.6 is 0 Å². The Bertz CT molecular complexity index is 618. The molecule has 0 radical (unpaired) electrons. The molecule has 25 heavy (non-hydrogen) atoms. The zero-order chi connectivity index (χ0) is 18.4. The average Bonchev–Trinajstić information content (AvgIpc) is 2.60. The number of likely N-dealkylation sites (tertiary alicyclic amines) is 1. The molecular formula is C19H25NO5. The number of hydrogen-bond donors (Lipinski definition) is 1. The Morgan fingerprint density at radius 1 is 1.16 bits per heavy atom. The second-order valence-electron chi connectivity index (χ2n) is 6.85. The molecule has 0 aromatic heterocycles. The summed E-state index contributed by atoms with van der Waals surface area (Å²) in [5.74, 6) is -2.43. The van der Waals surface area contributed by atoms with Gasteiger partial charge in [-0.05, 0) is 18.4 Å². The lowest BCUT2D eigenvalue weighted by molar-refractivity contribution is -0.174. The Morgan fingerprint density at radius 3 is 2.28 bits per heavy atom. The summed E-state index contributed by atoms with van der Waals surface area (Å²) in [6.07, 6.45) is 0.369. The number of carbonyl (C=O) groups excluding carboxylic acids is 2. The number of ketones is 1. The predicted molar refractivity (Wildman–Crippen MR) is 91.8 cm³/mol. The van der Waals surface area contributed by atoms with E-state index in [1.165, 1.54) is 0 Å². The van der Waals surface area contributed by atoms with Crippen LogP contribution in [-0.4, -0.2) is 47.4 Å². The zero-order valence-corrected chi connectivity index (χ0v) is 14.7. The number of carbonyl (C=O) groups is 3. The van der Waals surface area contributed by atoms with Crippen LogP contribution in [0.1, 0.15) is 32.3 Å². The lowest BCUT2D eigenvalue weighted by Gasteiger charge is -2.37. The van der Waals surface area contributed by atoms with Crippen LogP contribution in [0.25, 0.3) is 0 Å². The Hall–Kier alpha value is -2.21. The smallest absolute Gasteiger partial charge is 0.324 e. The van der Waals surface area contributed by atoms with Gasteiger partial charge in [-0.15, -0.1) is 0 Å². The van der Waals surface area contributed by atoms with E-state index in [1.807, 2.05) is 30.3 Å². The van der Waals surface area contributed by atoms with E-state index in [0.717, 1.165) is 12.1 Å². The Kier molecular flexibility index (Phi) is 6.31. The topological polar surface area (TPSA) is 83.9 Å². The highest BCUT2D eigenvalue weighted by Gasteiger charge is 2.49. The standard InChI is InChI=1S/C19H25NO5/c1-14(2)16(21)13-25-18(24)19(17(22)23)8-10-20(11-9-19)12-15-6-4-3-5-7-15/h3-7,14H,8-13H2,1-2H3,(H,22,23). The normalized spacial score (nSPS) is 17.2. The first-order valence-electron chi connectivity index (χ1n) is 8.55. The van der Waals surface area contributed by atoms with E-state index in [9.17, 15) is 19.5 Å². The third-order valence-corrected chi connectivity index (χ3v) is 4.75. The number of Topliss-reactive ketones (excluding diaryl/α,β-unsaturated/α-hetero) is 1. The maximum absolute atomic E-state index is 12.4. The van der Waals surface area contributed by atoms with Gasteiger partial charge in [0, 0.05) is 25.6 Å². The van der Waals surface area contributed by atoms with Crippen molar-refractivity contribution in [1.29, 1.82) is 0 Å². The lowest BCUT2D eigenvalue weighted by Crippen LogP contribution is -2.49. The van der Waals surface area contributed by atoms with Gasteiger partial charge < -0.3 is 9.84 Å². The van der Waals surface area contributed by atoms with E-state index in [2.05, 4.69) is 4.90 Å². The van der Waals surface area contributed by atoms with Crippen LogP contribution in [-0.2, 0) is 25.7 Å². The summed E-state index contributed by atoms with van der Waals surface area (Å²) < 4.78 is 5.03. The van der Waals surface area contributed by atoms with Gasteiger partial charge in [0.15, 0.2) is 11.2 Å². The van der Waals surface area contributed by atoms with Gasteiger partial charge in [0.05, 0.1) is 0 Å². The largest absolute Gasteiger partial charge is 0.480 e. The molecule has 0 amide bonds. The summed E-state index contributed by atoms with van der Waals surface area (Å²) >= 11 is 0. The molecule has 1 aromatic carbocycles. The quantitative estimate of drug-likeness (QED) is 0.601. The first kappa shape index (κ1) is 19.1.